The van der Waals surface area contributed by atoms with Gasteiger partial charge in [0.15, 0.2) is 0 Å². The lowest BCUT2D eigenvalue weighted by molar-refractivity contribution is 0.454. The molecular weight excluding hydrogens is 178 g/mol. The van der Waals surface area contributed by atoms with Crippen molar-refractivity contribution in [2.45, 2.75) is 26.7 Å². The van der Waals surface area contributed by atoms with Crippen molar-refractivity contribution in [1.29, 1.82) is 0 Å². The third-order valence-electron chi connectivity index (χ3n) is 1.41. The van der Waals surface area contributed by atoms with Gasteiger partial charge in [-0.15, -0.1) is 0 Å². The van der Waals surface area contributed by atoms with Gasteiger partial charge in [0.2, 0.25) is 0 Å². The summed E-state index contributed by atoms with van der Waals surface area (Å²) in [6.07, 6.45) is 1.96. The van der Waals surface area contributed by atoms with E-state index in [4.69, 9.17) is 0 Å². The zero-order chi connectivity index (χ0) is 9.61. The summed E-state index contributed by atoms with van der Waals surface area (Å²) in [6.45, 7) is 4.80. The van der Waals surface area contributed by atoms with E-state index in [9.17, 15) is 13.0 Å². The second kappa shape index (κ2) is 5.50. The molecule has 0 atom stereocenters. The number of nitrogens with one attached hydrogen (secondary N) is 1. The van der Waals surface area contributed by atoms with Crippen molar-refractivity contribution < 1.29 is 13.0 Å². The van der Waals surface area contributed by atoms with E-state index in [-0.39, 0.29) is 0 Å². The fraction of sp³-hybridized carbons (Fsp3) is 1.00. The third kappa shape index (κ3) is 9.87. The highest BCUT2D eigenvalue weighted by Crippen LogP contribution is 2.01. The van der Waals surface area contributed by atoms with Crippen LogP contribution in [-0.4, -0.2) is 25.4 Å². The monoisotopic (exact) mass is 194 g/mol. The van der Waals surface area contributed by atoms with Crippen molar-refractivity contribution in [3.63, 3.8) is 0 Å². The van der Waals surface area contributed by atoms with Crippen LogP contribution in [0, 0.1) is 5.92 Å². The quantitative estimate of drug-likeness (QED) is 0.494. The number of hydrogen-bond acceptors (Lipinski definition) is 4. The van der Waals surface area contributed by atoms with Crippen molar-refractivity contribution in [3.8, 4) is 0 Å². The lowest BCUT2D eigenvalue weighted by atomic mass is 10.1. The molecule has 0 aliphatic carbocycles. The maximum Gasteiger partial charge on any atom is 0.108 e. The van der Waals surface area contributed by atoms with Crippen molar-refractivity contribution in [1.82, 2.24) is 5.32 Å². The van der Waals surface area contributed by atoms with Gasteiger partial charge in [-0.25, -0.2) is 8.42 Å². The molecule has 0 aromatic carbocycles. The zero-order valence-electron chi connectivity index (χ0n) is 7.54. The van der Waals surface area contributed by atoms with Gasteiger partial charge in [0.1, 0.15) is 10.1 Å². The lowest BCUT2D eigenvalue weighted by Gasteiger charge is -2.08. The van der Waals surface area contributed by atoms with Crippen LogP contribution in [0.1, 0.15) is 26.7 Å². The predicted octanol–water partition coefficient (Wildman–Crippen LogP) is 0.515. The van der Waals surface area contributed by atoms with Crippen LogP contribution >= 0.6 is 0 Å². The largest absolute Gasteiger partial charge is 0.747 e. The first-order valence-corrected chi connectivity index (χ1v) is 5.64. The second-order valence-electron chi connectivity index (χ2n) is 3.24. The maximum atomic E-state index is 10.1. The summed E-state index contributed by atoms with van der Waals surface area (Å²) >= 11 is 0. The van der Waals surface area contributed by atoms with E-state index in [1.165, 1.54) is 0 Å². The summed E-state index contributed by atoms with van der Waals surface area (Å²) in [7, 11) is -4.09. The highest BCUT2D eigenvalue weighted by Gasteiger charge is 1.95. The molecule has 0 bridgehead atoms. The Hall–Kier alpha value is -0.130. The molecule has 0 amide bonds. The molecule has 4 nitrogen and oxygen atoms in total. The Labute approximate surface area is 74.1 Å². The summed E-state index contributed by atoms with van der Waals surface area (Å²) in [5.74, 6) is 0.168. The SMILES string of the molecule is CC(C)CCCNCS(=O)(=O)[O-]. The van der Waals surface area contributed by atoms with E-state index >= 15 is 0 Å². The molecule has 0 heterocycles. The van der Waals surface area contributed by atoms with E-state index in [1.54, 1.807) is 0 Å². The highest BCUT2D eigenvalue weighted by atomic mass is 32.2. The molecule has 74 valence electrons. The van der Waals surface area contributed by atoms with Gasteiger partial charge in [-0.1, -0.05) is 13.8 Å². The molecule has 0 aromatic rings. The molecule has 0 aliphatic rings. The molecule has 0 spiro atoms. The molecule has 0 fully saturated rings. The third-order valence-corrected chi connectivity index (χ3v) is 1.97. The van der Waals surface area contributed by atoms with Crippen LogP contribution in [0.2, 0.25) is 0 Å². The summed E-state index contributed by atoms with van der Waals surface area (Å²) in [6, 6.07) is 0. The van der Waals surface area contributed by atoms with E-state index in [1.807, 2.05) is 0 Å². The fourth-order valence-corrected chi connectivity index (χ4v) is 1.23. The van der Waals surface area contributed by atoms with Gasteiger partial charge >= 0.3 is 0 Å². The summed E-state index contributed by atoms with van der Waals surface area (Å²) in [4.78, 5) is 0. The Bertz CT molecular complexity index is 199. The molecule has 0 aliphatic heterocycles. The molecule has 5 heteroatoms. The van der Waals surface area contributed by atoms with Crippen LogP contribution in [0.25, 0.3) is 0 Å². The van der Waals surface area contributed by atoms with Crippen LogP contribution in [0.15, 0.2) is 0 Å². The smallest absolute Gasteiger partial charge is 0.108 e. The van der Waals surface area contributed by atoms with Crippen LogP contribution < -0.4 is 5.32 Å². The highest BCUT2D eigenvalue weighted by molar-refractivity contribution is 7.85. The summed E-state index contributed by atoms with van der Waals surface area (Å²) in [5, 5.41) is 2.58. The van der Waals surface area contributed by atoms with Crippen LogP contribution in [-0.2, 0) is 10.1 Å². The molecule has 1 N–H and O–H groups in total. The molecule has 0 rings (SSSR count). The van der Waals surface area contributed by atoms with Gasteiger partial charge in [-0.3, -0.25) is 0 Å². The van der Waals surface area contributed by atoms with Gasteiger partial charge in [-0.2, -0.15) is 0 Å². The van der Waals surface area contributed by atoms with Crippen molar-refractivity contribution >= 4 is 10.1 Å². The number of hydrogen-bond donors (Lipinski definition) is 1. The van der Waals surface area contributed by atoms with E-state index < -0.39 is 16.0 Å². The fourth-order valence-electron chi connectivity index (χ4n) is 0.832. The van der Waals surface area contributed by atoms with Crippen LogP contribution in [0.3, 0.4) is 0 Å². The van der Waals surface area contributed by atoms with E-state index in [0.29, 0.717) is 12.5 Å². The lowest BCUT2D eigenvalue weighted by Crippen LogP contribution is -2.23. The minimum atomic E-state index is -4.09. The Morgan fingerprint density at radius 3 is 2.42 bits per heavy atom. The Morgan fingerprint density at radius 2 is 2.00 bits per heavy atom. The normalized spacial score (nSPS) is 12.3. The molecule has 0 aromatic heterocycles. The average molecular weight is 194 g/mol. The zero-order valence-corrected chi connectivity index (χ0v) is 8.36. The average Bonchev–Trinajstić information content (AvgIpc) is 1.83. The van der Waals surface area contributed by atoms with Crippen molar-refractivity contribution in [3.05, 3.63) is 0 Å². The Balaban J connectivity index is 3.23. The predicted molar refractivity (Wildman–Crippen MR) is 46.6 cm³/mol. The van der Waals surface area contributed by atoms with Gasteiger partial charge in [0.25, 0.3) is 0 Å². The first kappa shape index (κ1) is 11.9. The Kier molecular flexibility index (Phi) is 5.44. The number of rotatable bonds is 6. The van der Waals surface area contributed by atoms with Gasteiger partial charge in [-0.05, 0) is 25.3 Å². The summed E-state index contributed by atoms with van der Waals surface area (Å²) < 4.78 is 30.3. The molecule has 0 unspecified atom stereocenters. The molecule has 0 saturated heterocycles. The first-order valence-electron chi connectivity index (χ1n) is 4.06. The van der Waals surface area contributed by atoms with Crippen LogP contribution in [0.5, 0.6) is 0 Å². The van der Waals surface area contributed by atoms with Crippen molar-refractivity contribution in [2.24, 2.45) is 5.92 Å². The van der Waals surface area contributed by atoms with Crippen LogP contribution in [0.4, 0.5) is 0 Å². The van der Waals surface area contributed by atoms with Gasteiger partial charge in [0.05, 0.1) is 5.88 Å². The topological polar surface area (TPSA) is 69.2 Å². The maximum absolute atomic E-state index is 10.1. The van der Waals surface area contributed by atoms with Crippen molar-refractivity contribution in [2.75, 3.05) is 12.4 Å². The van der Waals surface area contributed by atoms with E-state index in [0.717, 1.165) is 12.8 Å². The molecule has 12 heavy (non-hydrogen) atoms. The molecular formula is C7H16NO3S-. The minimum Gasteiger partial charge on any atom is -0.747 e. The molecule has 0 radical (unpaired) electrons. The molecule has 0 saturated carbocycles. The second-order valence-corrected chi connectivity index (χ2v) is 4.64. The minimum absolute atomic E-state index is 0.453. The first-order chi connectivity index (χ1) is 5.42. The van der Waals surface area contributed by atoms with Gasteiger partial charge in [0, 0.05) is 0 Å². The van der Waals surface area contributed by atoms with E-state index in [2.05, 4.69) is 19.2 Å². The standard InChI is InChI=1S/C7H17NO3S/c1-7(2)4-3-5-8-6-12(9,10)11/h7-8H,3-6H2,1-2H3,(H,9,10,11)/p-1. The summed E-state index contributed by atoms with van der Waals surface area (Å²) in [5.41, 5.74) is 0. The van der Waals surface area contributed by atoms with Gasteiger partial charge < -0.3 is 9.87 Å². The Morgan fingerprint density at radius 1 is 1.42 bits per heavy atom.